The molecule has 0 aliphatic heterocycles. The van der Waals surface area contributed by atoms with E-state index in [1.54, 1.807) is 48.5 Å². The van der Waals surface area contributed by atoms with Crippen molar-refractivity contribution in [2.45, 2.75) is 0 Å². The van der Waals surface area contributed by atoms with Gasteiger partial charge < -0.3 is 19.1 Å². The van der Waals surface area contributed by atoms with Crippen LogP contribution in [0.1, 0.15) is 21.5 Å². The van der Waals surface area contributed by atoms with Crippen molar-refractivity contribution in [3.05, 3.63) is 83.4 Å². The van der Waals surface area contributed by atoms with Gasteiger partial charge in [0.15, 0.2) is 0 Å². The van der Waals surface area contributed by atoms with Gasteiger partial charge in [-0.1, -0.05) is 36.1 Å². The number of carboxylic acid groups (broad SMARTS) is 1. The number of hydrogen-bond acceptors (Lipinski definition) is 4. The van der Waals surface area contributed by atoms with Crippen LogP contribution in [0.3, 0.4) is 0 Å². The number of phenolic OH excluding ortho intramolecular Hbond substituents is 1. The van der Waals surface area contributed by atoms with Crippen molar-refractivity contribution in [1.82, 2.24) is 0 Å². The second-order valence-electron chi connectivity index (χ2n) is 6.10. The van der Waals surface area contributed by atoms with Gasteiger partial charge in [0.25, 0.3) is 0 Å². The lowest BCUT2D eigenvalue weighted by atomic mass is 9.94. The first-order valence-electron chi connectivity index (χ1n) is 8.47. The van der Waals surface area contributed by atoms with Crippen LogP contribution in [0.5, 0.6) is 5.75 Å². The van der Waals surface area contributed by atoms with E-state index in [4.69, 9.17) is 0 Å². The highest BCUT2D eigenvalue weighted by Gasteiger charge is 2.16. The van der Waals surface area contributed by atoms with E-state index in [0.717, 1.165) is 4.31 Å². The van der Waals surface area contributed by atoms with E-state index in [2.05, 4.69) is 11.8 Å². The summed E-state index contributed by atoms with van der Waals surface area (Å²) >= 11 is -2.46. The minimum atomic E-state index is -2.46. The van der Waals surface area contributed by atoms with Gasteiger partial charge in [0.2, 0.25) is 0 Å². The lowest BCUT2D eigenvalue weighted by Crippen LogP contribution is -2.19. The maximum atomic E-state index is 11.8. The van der Waals surface area contributed by atoms with Gasteiger partial charge in [-0.2, -0.15) is 0 Å². The fourth-order valence-corrected chi connectivity index (χ4v) is 3.10. The van der Waals surface area contributed by atoms with Gasteiger partial charge in [-0.25, -0.2) is 4.79 Å². The van der Waals surface area contributed by atoms with Gasteiger partial charge in [-0.15, -0.1) is 0 Å². The van der Waals surface area contributed by atoms with Crippen LogP contribution in [0.2, 0.25) is 0 Å². The Morgan fingerprint density at radius 3 is 2.45 bits per heavy atom. The number of rotatable bonds is 4. The molecular weight excluding hydrogens is 390 g/mol. The van der Waals surface area contributed by atoms with Gasteiger partial charge in [0.1, 0.15) is 5.75 Å². The first kappa shape index (κ1) is 20.1. The molecule has 2 N–H and O–H groups in total. The quantitative estimate of drug-likeness (QED) is 0.511. The van der Waals surface area contributed by atoms with Crippen molar-refractivity contribution in [3.63, 3.8) is 0 Å². The minimum Gasteiger partial charge on any atom is -0.755 e. The Balaban J connectivity index is 2.17. The van der Waals surface area contributed by atoms with E-state index < -0.39 is 17.2 Å². The standard InChI is InChI=1S/C22H17NO5S/c1-23(29(27)28)18-8-3-7-17(14-18)21-16(6-4-10-20(21)22(25)26)12-11-15-5-2-9-19(24)13-15/h2-10,13-14,24H,1H3,(H,25,26)(H,27,28)/p-1. The monoisotopic (exact) mass is 406 g/mol. The molecule has 29 heavy (non-hydrogen) atoms. The molecule has 0 saturated carbocycles. The Kier molecular flexibility index (Phi) is 5.98. The third kappa shape index (κ3) is 4.63. The maximum absolute atomic E-state index is 11.8. The number of nitrogens with zero attached hydrogens (tertiary/aromatic N) is 1. The van der Waals surface area contributed by atoms with Crippen LogP contribution in [0, 0.1) is 11.8 Å². The molecule has 6 nitrogen and oxygen atoms in total. The highest BCUT2D eigenvalue weighted by atomic mass is 32.2. The summed E-state index contributed by atoms with van der Waals surface area (Å²) in [5.74, 6) is 4.85. The summed E-state index contributed by atoms with van der Waals surface area (Å²) in [5.41, 5.74) is 2.40. The van der Waals surface area contributed by atoms with Gasteiger partial charge in [-0.05, 0) is 48.0 Å². The van der Waals surface area contributed by atoms with Crippen LogP contribution in [-0.2, 0) is 11.3 Å². The van der Waals surface area contributed by atoms with Crippen LogP contribution in [0.25, 0.3) is 11.1 Å². The molecule has 1 atom stereocenters. The number of benzene rings is 3. The third-order valence-corrected chi connectivity index (χ3v) is 4.86. The summed E-state index contributed by atoms with van der Waals surface area (Å²) in [6.07, 6.45) is 0. The van der Waals surface area contributed by atoms with Crippen LogP contribution in [0.4, 0.5) is 5.69 Å². The lowest BCUT2D eigenvalue weighted by Gasteiger charge is -2.22. The molecule has 0 aromatic heterocycles. The molecule has 0 spiro atoms. The summed E-state index contributed by atoms with van der Waals surface area (Å²) in [5, 5.41) is 19.2. The Morgan fingerprint density at radius 1 is 1.03 bits per heavy atom. The number of phenols is 1. The van der Waals surface area contributed by atoms with Crippen molar-refractivity contribution in [2.24, 2.45) is 0 Å². The van der Waals surface area contributed by atoms with Gasteiger partial charge in [0.05, 0.1) is 5.56 Å². The molecule has 3 rings (SSSR count). The Morgan fingerprint density at radius 2 is 1.76 bits per heavy atom. The average Bonchev–Trinajstić information content (AvgIpc) is 2.71. The van der Waals surface area contributed by atoms with Gasteiger partial charge >= 0.3 is 5.97 Å². The van der Waals surface area contributed by atoms with Gasteiger partial charge in [0, 0.05) is 40.7 Å². The van der Waals surface area contributed by atoms with Crippen molar-refractivity contribution in [3.8, 4) is 28.7 Å². The molecule has 146 valence electrons. The van der Waals surface area contributed by atoms with Crippen LogP contribution in [0.15, 0.2) is 66.7 Å². The molecule has 0 radical (unpaired) electrons. The van der Waals surface area contributed by atoms with E-state index >= 15 is 0 Å². The first-order valence-corrected chi connectivity index (χ1v) is 9.51. The second-order valence-corrected chi connectivity index (χ2v) is 7.08. The topological polar surface area (TPSA) is 101 Å². The molecule has 0 heterocycles. The molecule has 0 amide bonds. The normalized spacial score (nSPS) is 11.2. The predicted molar refractivity (Wildman–Crippen MR) is 110 cm³/mol. The molecule has 0 aliphatic rings. The SMILES string of the molecule is CN(c1cccc(-c2c(C#Cc3cccc(O)c3)cccc2C(=O)O)c1)S(=O)[O-]. The molecule has 0 bridgehead atoms. The van der Waals surface area contributed by atoms with E-state index in [0.29, 0.717) is 27.9 Å². The second kappa shape index (κ2) is 8.61. The highest BCUT2D eigenvalue weighted by molar-refractivity contribution is 7.80. The summed E-state index contributed by atoms with van der Waals surface area (Å²) in [7, 11) is 1.40. The van der Waals surface area contributed by atoms with E-state index in [9.17, 15) is 23.8 Å². The van der Waals surface area contributed by atoms with Crippen LogP contribution < -0.4 is 4.31 Å². The fraction of sp³-hybridized carbons (Fsp3) is 0.0455. The summed E-state index contributed by atoms with van der Waals surface area (Å²) < 4.78 is 23.6. The van der Waals surface area contributed by atoms with Crippen molar-refractivity contribution in [1.29, 1.82) is 0 Å². The largest absolute Gasteiger partial charge is 0.755 e. The minimum absolute atomic E-state index is 0.0516. The van der Waals surface area contributed by atoms with Crippen LogP contribution >= 0.6 is 0 Å². The Bertz CT molecular complexity index is 1160. The molecule has 0 saturated heterocycles. The summed E-state index contributed by atoms with van der Waals surface area (Å²) in [4.78, 5) is 11.8. The molecule has 7 heteroatoms. The number of carbonyl (C=O) groups is 1. The number of aromatic hydroxyl groups is 1. The fourth-order valence-electron chi connectivity index (χ4n) is 2.81. The summed E-state index contributed by atoms with van der Waals surface area (Å²) in [6.45, 7) is 0. The highest BCUT2D eigenvalue weighted by Crippen LogP contribution is 2.31. The number of hydrogen-bond donors (Lipinski definition) is 2. The maximum Gasteiger partial charge on any atom is 0.336 e. The molecule has 0 fully saturated rings. The van der Waals surface area contributed by atoms with E-state index in [1.807, 2.05) is 0 Å². The van der Waals surface area contributed by atoms with Crippen molar-refractivity contribution >= 4 is 22.9 Å². The van der Waals surface area contributed by atoms with Crippen LogP contribution in [-0.4, -0.2) is 32.0 Å². The van der Waals surface area contributed by atoms with Crippen molar-refractivity contribution in [2.75, 3.05) is 11.4 Å². The number of aromatic carboxylic acids is 1. The average molecular weight is 406 g/mol. The molecule has 1 unspecified atom stereocenters. The molecule has 3 aromatic rings. The number of anilines is 1. The molecule has 3 aromatic carbocycles. The zero-order valence-electron chi connectivity index (χ0n) is 15.3. The van der Waals surface area contributed by atoms with E-state index in [1.165, 1.54) is 25.2 Å². The summed E-state index contributed by atoms with van der Waals surface area (Å²) in [6, 6.07) is 17.8. The Labute approximate surface area is 170 Å². The predicted octanol–water partition coefficient (Wildman–Crippen LogP) is 3.39. The van der Waals surface area contributed by atoms with Crippen molar-refractivity contribution < 1.29 is 23.8 Å². The van der Waals surface area contributed by atoms with E-state index in [-0.39, 0.29) is 11.3 Å². The number of carboxylic acids is 1. The Hall–Kier alpha value is -3.60. The lowest BCUT2D eigenvalue weighted by molar-refractivity contribution is 0.0697. The third-order valence-electron chi connectivity index (χ3n) is 4.20. The first-order chi connectivity index (χ1) is 13.9. The smallest absolute Gasteiger partial charge is 0.336 e. The zero-order valence-corrected chi connectivity index (χ0v) is 16.1. The zero-order chi connectivity index (χ0) is 21.0. The molecular formula is C22H16NO5S-. The van der Waals surface area contributed by atoms with Gasteiger partial charge in [-0.3, -0.25) is 4.21 Å². The molecule has 0 aliphatic carbocycles.